The second-order valence-electron chi connectivity index (χ2n) is 4.16. The Bertz CT molecular complexity index is 517. The molecule has 0 aliphatic heterocycles. The predicted octanol–water partition coefficient (Wildman–Crippen LogP) is 2.58. The maximum atomic E-state index is 10.5. The van der Waals surface area contributed by atoms with Gasteiger partial charge in [-0.3, -0.25) is 4.79 Å². The van der Waals surface area contributed by atoms with Crippen molar-refractivity contribution in [3.05, 3.63) is 41.6 Å². The molecule has 94 valence electrons. The van der Waals surface area contributed by atoms with Gasteiger partial charge in [0.25, 0.3) is 5.89 Å². The van der Waals surface area contributed by atoms with Gasteiger partial charge in [0.05, 0.1) is 0 Å². The smallest absolute Gasteiger partial charge is 0.253 e. The molecular weight excluding hydrogens is 232 g/mol. The molecule has 5 heteroatoms. The molecule has 18 heavy (non-hydrogen) atoms. The molecule has 5 nitrogen and oxygen atoms in total. The van der Waals surface area contributed by atoms with E-state index in [0.717, 1.165) is 6.29 Å². The standard InChI is InChI=1S/C13H14N2O3/c1-9(2)13-15-14-12(18-13)8-17-11-5-3-10(7-16)4-6-11/h3-7,9H,8H2,1-2H3. The summed E-state index contributed by atoms with van der Waals surface area (Å²) in [5, 5.41) is 7.80. The van der Waals surface area contributed by atoms with Crippen LogP contribution >= 0.6 is 0 Å². The van der Waals surface area contributed by atoms with Crippen molar-refractivity contribution in [2.45, 2.75) is 26.4 Å². The average molecular weight is 246 g/mol. The van der Waals surface area contributed by atoms with E-state index in [2.05, 4.69) is 10.2 Å². The number of carbonyl (C=O) groups excluding carboxylic acids is 1. The van der Waals surface area contributed by atoms with Gasteiger partial charge in [-0.15, -0.1) is 10.2 Å². The molecule has 0 aliphatic carbocycles. The lowest BCUT2D eigenvalue weighted by Gasteiger charge is -2.02. The van der Waals surface area contributed by atoms with Crippen LogP contribution in [0.4, 0.5) is 0 Å². The lowest BCUT2D eigenvalue weighted by Crippen LogP contribution is -1.95. The third kappa shape index (κ3) is 2.94. The molecule has 0 amide bonds. The van der Waals surface area contributed by atoms with Crippen LogP contribution < -0.4 is 4.74 Å². The fraction of sp³-hybridized carbons (Fsp3) is 0.308. The topological polar surface area (TPSA) is 65.2 Å². The summed E-state index contributed by atoms with van der Waals surface area (Å²) in [5.74, 6) is 1.91. The van der Waals surface area contributed by atoms with Crippen molar-refractivity contribution in [2.24, 2.45) is 0 Å². The summed E-state index contributed by atoms with van der Waals surface area (Å²) < 4.78 is 10.9. The molecule has 0 atom stereocenters. The van der Waals surface area contributed by atoms with Crippen molar-refractivity contribution in [3.8, 4) is 5.75 Å². The average Bonchev–Trinajstić information content (AvgIpc) is 2.86. The summed E-state index contributed by atoms with van der Waals surface area (Å²) in [6.07, 6.45) is 0.788. The van der Waals surface area contributed by atoms with Crippen molar-refractivity contribution in [3.63, 3.8) is 0 Å². The number of benzene rings is 1. The maximum Gasteiger partial charge on any atom is 0.253 e. The molecule has 0 spiro atoms. The van der Waals surface area contributed by atoms with Crippen LogP contribution in [-0.4, -0.2) is 16.5 Å². The quantitative estimate of drug-likeness (QED) is 0.758. The lowest BCUT2D eigenvalue weighted by atomic mass is 10.2. The first-order valence-corrected chi connectivity index (χ1v) is 5.69. The Morgan fingerprint density at radius 1 is 1.28 bits per heavy atom. The van der Waals surface area contributed by atoms with E-state index in [9.17, 15) is 4.79 Å². The minimum atomic E-state index is 0.207. The normalized spacial score (nSPS) is 10.6. The maximum absolute atomic E-state index is 10.5. The fourth-order valence-corrected chi connectivity index (χ4v) is 1.35. The Labute approximate surface area is 105 Å². The minimum Gasteiger partial charge on any atom is -0.484 e. The highest BCUT2D eigenvalue weighted by atomic mass is 16.5. The van der Waals surface area contributed by atoms with Crippen LogP contribution in [0.5, 0.6) is 5.75 Å². The van der Waals surface area contributed by atoms with E-state index >= 15 is 0 Å². The zero-order chi connectivity index (χ0) is 13.0. The fourth-order valence-electron chi connectivity index (χ4n) is 1.35. The number of hydrogen-bond acceptors (Lipinski definition) is 5. The van der Waals surface area contributed by atoms with Crippen LogP contribution in [0.15, 0.2) is 28.7 Å². The minimum absolute atomic E-state index is 0.207. The molecule has 0 radical (unpaired) electrons. The molecule has 1 aromatic heterocycles. The van der Waals surface area contributed by atoms with Crippen molar-refractivity contribution >= 4 is 6.29 Å². The highest BCUT2D eigenvalue weighted by Gasteiger charge is 2.09. The van der Waals surface area contributed by atoms with Gasteiger partial charge in [0.2, 0.25) is 5.89 Å². The first-order valence-electron chi connectivity index (χ1n) is 5.69. The molecule has 0 N–H and O–H groups in total. The Morgan fingerprint density at radius 2 is 2.00 bits per heavy atom. The molecule has 0 saturated heterocycles. The van der Waals surface area contributed by atoms with E-state index in [1.165, 1.54) is 0 Å². The number of aldehydes is 1. The summed E-state index contributed by atoms with van der Waals surface area (Å²) >= 11 is 0. The van der Waals surface area contributed by atoms with E-state index in [-0.39, 0.29) is 12.5 Å². The molecule has 1 heterocycles. The van der Waals surface area contributed by atoms with Gasteiger partial charge in [0, 0.05) is 11.5 Å². The number of ether oxygens (including phenoxy) is 1. The molecule has 0 saturated carbocycles. The Hall–Kier alpha value is -2.17. The van der Waals surface area contributed by atoms with Crippen molar-refractivity contribution in [2.75, 3.05) is 0 Å². The van der Waals surface area contributed by atoms with Gasteiger partial charge in [0.15, 0.2) is 6.61 Å². The highest BCUT2D eigenvalue weighted by molar-refractivity contribution is 5.74. The van der Waals surface area contributed by atoms with Crippen LogP contribution in [0, 0.1) is 0 Å². The first kappa shape index (κ1) is 12.3. The Morgan fingerprint density at radius 3 is 2.56 bits per heavy atom. The molecule has 0 fully saturated rings. The predicted molar refractivity (Wildman–Crippen MR) is 64.5 cm³/mol. The molecule has 0 unspecified atom stereocenters. The highest BCUT2D eigenvalue weighted by Crippen LogP contribution is 2.15. The van der Waals surface area contributed by atoms with Gasteiger partial charge in [-0.1, -0.05) is 13.8 Å². The summed E-state index contributed by atoms with van der Waals surface area (Å²) in [5.41, 5.74) is 0.613. The summed E-state index contributed by atoms with van der Waals surface area (Å²) in [7, 11) is 0. The molecule has 0 aliphatic rings. The number of nitrogens with zero attached hydrogens (tertiary/aromatic N) is 2. The lowest BCUT2D eigenvalue weighted by molar-refractivity contribution is 0.112. The van der Waals surface area contributed by atoms with E-state index < -0.39 is 0 Å². The third-order valence-corrected chi connectivity index (χ3v) is 2.35. The van der Waals surface area contributed by atoms with Crippen molar-refractivity contribution in [1.29, 1.82) is 0 Å². The van der Waals surface area contributed by atoms with E-state index in [1.54, 1.807) is 24.3 Å². The summed E-state index contributed by atoms with van der Waals surface area (Å²) in [6, 6.07) is 6.83. The van der Waals surface area contributed by atoms with Gasteiger partial charge >= 0.3 is 0 Å². The first-order chi connectivity index (χ1) is 8.69. The van der Waals surface area contributed by atoms with Crippen LogP contribution in [0.25, 0.3) is 0 Å². The van der Waals surface area contributed by atoms with Crippen LogP contribution in [-0.2, 0) is 6.61 Å². The summed E-state index contributed by atoms with van der Waals surface area (Å²) in [4.78, 5) is 10.5. The molecule has 2 rings (SSSR count). The van der Waals surface area contributed by atoms with Gasteiger partial charge in [-0.25, -0.2) is 0 Å². The van der Waals surface area contributed by atoms with E-state index in [0.29, 0.717) is 23.1 Å². The Balaban J connectivity index is 1.95. The Kier molecular flexibility index (Phi) is 3.72. The van der Waals surface area contributed by atoms with Crippen LogP contribution in [0.2, 0.25) is 0 Å². The summed E-state index contributed by atoms with van der Waals surface area (Å²) in [6.45, 7) is 4.19. The SMILES string of the molecule is CC(C)c1nnc(COc2ccc(C=O)cc2)o1. The second kappa shape index (κ2) is 5.44. The zero-order valence-electron chi connectivity index (χ0n) is 10.3. The molecule has 1 aromatic carbocycles. The number of aromatic nitrogens is 2. The van der Waals surface area contributed by atoms with Gasteiger partial charge in [0.1, 0.15) is 12.0 Å². The largest absolute Gasteiger partial charge is 0.484 e. The van der Waals surface area contributed by atoms with Gasteiger partial charge in [-0.2, -0.15) is 0 Å². The van der Waals surface area contributed by atoms with Crippen molar-refractivity contribution < 1.29 is 13.9 Å². The third-order valence-electron chi connectivity index (χ3n) is 2.35. The zero-order valence-corrected chi connectivity index (χ0v) is 10.3. The van der Waals surface area contributed by atoms with Crippen LogP contribution in [0.3, 0.4) is 0 Å². The van der Waals surface area contributed by atoms with E-state index in [4.69, 9.17) is 9.15 Å². The second-order valence-corrected chi connectivity index (χ2v) is 4.16. The van der Waals surface area contributed by atoms with Crippen LogP contribution in [0.1, 0.15) is 41.9 Å². The monoisotopic (exact) mass is 246 g/mol. The van der Waals surface area contributed by atoms with Crippen molar-refractivity contribution in [1.82, 2.24) is 10.2 Å². The molecule has 0 bridgehead atoms. The number of rotatable bonds is 5. The van der Waals surface area contributed by atoms with Gasteiger partial charge < -0.3 is 9.15 Å². The number of hydrogen-bond donors (Lipinski definition) is 0. The van der Waals surface area contributed by atoms with Gasteiger partial charge in [-0.05, 0) is 24.3 Å². The molecular formula is C13H14N2O3. The van der Waals surface area contributed by atoms with E-state index in [1.807, 2.05) is 13.8 Å². The molecule has 2 aromatic rings. The number of carbonyl (C=O) groups is 1.